The van der Waals surface area contributed by atoms with Crippen molar-refractivity contribution < 1.29 is 9.18 Å². The van der Waals surface area contributed by atoms with Crippen molar-refractivity contribution in [1.82, 2.24) is 0 Å². The van der Waals surface area contributed by atoms with E-state index in [1.165, 1.54) is 12.1 Å². The molecule has 120 valence electrons. The lowest BCUT2D eigenvalue weighted by molar-refractivity contribution is 0.254. The van der Waals surface area contributed by atoms with Crippen LogP contribution in [0.4, 0.5) is 20.6 Å². The molecule has 0 saturated carbocycles. The van der Waals surface area contributed by atoms with Crippen molar-refractivity contribution >= 4 is 40.6 Å². The molecule has 1 heterocycles. The summed E-state index contributed by atoms with van der Waals surface area (Å²) in [6, 6.07) is 9.17. The van der Waals surface area contributed by atoms with Gasteiger partial charge in [0.2, 0.25) is 0 Å². The van der Waals surface area contributed by atoms with Crippen LogP contribution in [0.5, 0.6) is 0 Å². The van der Waals surface area contributed by atoms with Gasteiger partial charge in [-0.1, -0.05) is 23.2 Å². The zero-order valence-corrected chi connectivity index (χ0v) is 14.0. The third kappa shape index (κ3) is 3.28. The second-order valence-electron chi connectivity index (χ2n) is 5.59. The molecule has 0 spiro atoms. The predicted molar refractivity (Wildman–Crippen MR) is 92.1 cm³/mol. The second kappa shape index (κ2) is 6.38. The molecular weight excluding hydrogens is 338 g/mol. The number of carbonyl (C=O) groups excluding carboxylic acids is 1. The Morgan fingerprint density at radius 2 is 2.00 bits per heavy atom. The van der Waals surface area contributed by atoms with Crippen molar-refractivity contribution in [2.24, 2.45) is 0 Å². The van der Waals surface area contributed by atoms with Crippen LogP contribution in [0.3, 0.4) is 0 Å². The van der Waals surface area contributed by atoms with Crippen LogP contribution in [-0.2, 0) is 6.42 Å². The van der Waals surface area contributed by atoms with Crippen LogP contribution in [0.15, 0.2) is 36.4 Å². The average Bonchev–Trinajstić information content (AvgIpc) is 2.51. The van der Waals surface area contributed by atoms with Gasteiger partial charge in [-0.3, -0.25) is 4.90 Å². The van der Waals surface area contributed by atoms with Crippen LogP contribution in [0.25, 0.3) is 0 Å². The minimum atomic E-state index is -0.289. The minimum Gasteiger partial charge on any atom is -0.307 e. The number of aryl methyl sites for hydroxylation is 1. The molecule has 0 aromatic heterocycles. The normalized spacial score (nSPS) is 16.9. The summed E-state index contributed by atoms with van der Waals surface area (Å²) < 4.78 is 13.4. The number of nitrogens with zero attached hydrogens (tertiary/aromatic N) is 1. The standard InChI is InChI=1S/C17H15Cl2FN2O/c1-10-2-3-11-8-12(20)4-7-16(11)22(10)17(23)21-13-5-6-14(18)15(19)9-13/h4-10H,2-3H2,1H3,(H,21,23). The molecule has 1 N–H and O–H groups in total. The van der Waals surface area contributed by atoms with Gasteiger partial charge in [-0.2, -0.15) is 0 Å². The molecule has 2 aromatic carbocycles. The molecule has 1 aliphatic heterocycles. The maximum atomic E-state index is 13.4. The second-order valence-corrected chi connectivity index (χ2v) is 6.40. The Labute approximate surface area is 144 Å². The molecule has 0 aliphatic carbocycles. The highest BCUT2D eigenvalue weighted by Crippen LogP contribution is 2.32. The van der Waals surface area contributed by atoms with E-state index in [2.05, 4.69) is 5.32 Å². The third-order valence-corrected chi connectivity index (χ3v) is 4.70. The average molecular weight is 353 g/mol. The summed E-state index contributed by atoms with van der Waals surface area (Å²) >= 11 is 11.9. The largest absolute Gasteiger partial charge is 0.326 e. The number of rotatable bonds is 1. The lowest BCUT2D eigenvalue weighted by atomic mass is 9.97. The molecule has 6 heteroatoms. The summed E-state index contributed by atoms with van der Waals surface area (Å²) in [5.41, 5.74) is 2.14. The molecule has 1 unspecified atom stereocenters. The van der Waals surface area contributed by atoms with E-state index in [0.29, 0.717) is 15.7 Å². The Kier molecular flexibility index (Phi) is 4.46. The number of fused-ring (bicyclic) bond motifs is 1. The highest BCUT2D eigenvalue weighted by molar-refractivity contribution is 6.42. The summed E-state index contributed by atoms with van der Waals surface area (Å²) in [4.78, 5) is 14.3. The van der Waals surface area contributed by atoms with Gasteiger partial charge in [-0.05, 0) is 61.7 Å². The molecule has 23 heavy (non-hydrogen) atoms. The fourth-order valence-electron chi connectivity index (χ4n) is 2.79. The van der Waals surface area contributed by atoms with E-state index in [0.717, 1.165) is 24.1 Å². The number of urea groups is 1. The van der Waals surface area contributed by atoms with E-state index in [9.17, 15) is 9.18 Å². The molecule has 0 saturated heterocycles. The highest BCUT2D eigenvalue weighted by Gasteiger charge is 2.28. The van der Waals surface area contributed by atoms with Crippen LogP contribution in [0, 0.1) is 5.82 Å². The maximum Gasteiger partial charge on any atom is 0.326 e. The summed E-state index contributed by atoms with van der Waals surface area (Å²) in [5.74, 6) is -0.289. The van der Waals surface area contributed by atoms with Gasteiger partial charge in [-0.15, -0.1) is 0 Å². The third-order valence-electron chi connectivity index (χ3n) is 3.96. The van der Waals surface area contributed by atoms with Gasteiger partial charge >= 0.3 is 6.03 Å². The fourth-order valence-corrected chi connectivity index (χ4v) is 3.09. The van der Waals surface area contributed by atoms with Crippen molar-refractivity contribution in [2.45, 2.75) is 25.8 Å². The Balaban J connectivity index is 1.88. The molecule has 2 aromatic rings. The number of amides is 2. The molecule has 0 bridgehead atoms. The van der Waals surface area contributed by atoms with Crippen molar-refractivity contribution in [3.05, 3.63) is 57.8 Å². The first-order chi connectivity index (χ1) is 11.0. The number of anilines is 2. The zero-order chi connectivity index (χ0) is 16.6. The summed E-state index contributed by atoms with van der Waals surface area (Å²) in [7, 11) is 0. The first-order valence-corrected chi connectivity index (χ1v) is 8.05. The summed E-state index contributed by atoms with van der Waals surface area (Å²) in [6.45, 7) is 1.97. The monoisotopic (exact) mass is 352 g/mol. The summed E-state index contributed by atoms with van der Waals surface area (Å²) in [5, 5.41) is 3.62. The van der Waals surface area contributed by atoms with Gasteiger partial charge in [0.05, 0.1) is 10.0 Å². The Bertz CT molecular complexity index is 766. The van der Waals surface area contributed by atoms with Gasteiger partial charge in [0.1, 0.15) is 5.82 Å². The van der Waals surface area contributed by atoms with E-state index in [1.807, 2.05) is 6.92 Å². The van der Waals surface area contributed by atoms with Crippen LogP contribution < -0.4 is 10.2 Å². The quantitative estimate of drug-likeness (QED) is 0.721. The maximum absolute atomic E-state index is 13.4. The van der Waals surface area contributed by atoms with Gasteiger partial charge in [0.15, 0.2) is 0 Å². The van der Waals surface area contributed by atoms with Crippen molar-refractivity contribution in [2.75, 3.05) is 10.2 Å². The molecule has 1 aliphatic rings. The van der Waals surface area contributed by atoms with E-state index < -0.39 is 0 Å². The molecule has 0 fully saturated rings. The van der Waals surface area contributed by atoms with Crippen LogP contribution in [0.2, 0.25) is 10.0 Å². The predicted octanol–water partition coefficient (Wildman–Crippen LogP) is 5.51. The van der Waals surface area contributed by atoms with Crippen molar-refractivity contribution in [3.63, 3.8) is 0 Å². The van der Waals surface area contributed by atoms with Crippen molar-refractivity contribution in [3.8, 4) is 0 Å². The Morgan fingerprint density at radius 3 is 2.74 bits per heavy atom. The Morgan fingerprint density at radius 1 is 1.22 bits per heavy atom. The van der Waals surface area contributed by atoms with Crippen LogP contribution >= 0.6 is 23.2 Å². The lowest BCUT2D eigenvalue weighted by Gasteiger charge is -2.35. The van der Waals surface area contributed by atoms with Crippen LogP contribution in [0.1, 0.15) is 18.9 Å². The van der Waals surface area contributed by atoms with Crippen molar-refractivity contribution in [1.29, 1.82) is 0 Å². The number of nitrogens with one attached hydrogen (secondary N) is 1. The van der Waals surface area contributed by atoms with Gasteiger partial charge in [0, 0.05) is 17.4 Å². The minimum absolute atomic E-state index is 0.0238. The van der Waals surface area contributed by atoms with Crippen LogP contribution in [-0.4, -0.2) is 12.1 Å². The topological polar surface area (TPSA) is 32.3 Å². The van der Waals surface area contributed by atoms with Gasteiger partial charge < -0.3 is 5.32 Å². The number of hydrogen-bond donors (Lipinski definition) is 1. The number of carbonyl (C=O) groups is 1. The lowest BCUT2D eigenvalue weighted by Crippen LogP contribution is -2.44. The Hall–Kier alpha value is -1.78. The number of benzene rings is 2. The molecule has 2 amide bonds. The zero-order valence-electron chi connectivity index (χ0n) is 12.4. The summed E-state index contributed by atoms with van der Waals surface area (Å²) in [6.07, 6.45) is 1.54. The smallest absolute Gasteiger partial charge is 0.307 e. The molecular formula is C17H15Cl2FN2O. The molecule has 0 radical (unpaired) electrons. The van der Waals surface area contributed by atoms with E-state index in [4.69, 9.17) is 23.2 Å². The number of hydrogen-bond acceptors (Lipinski definition) is 1. The first kappa shape index (κ1) is 16.1. The van der Waals surface area contributed by atoms with Gasteiger partial charge in [-0.25, -0.2) is 9.18 Å². The highest BCUT2D eigenvalue weighted by atomic mass is 35.5. The first-order valence-electron chi connectivity index (χ1n) is 7.29. The van der Waals surface area contributed by atoms with Gasteiger partial charge in [0.25, 0.3) is 0 Å². The SMILES string of the molecule is CC1CCc2cc(F)ccc2N1C(=O)Nc1ccc(Cl)c(Cl)c1. The number of halogens is 3. The fraction of sp³-hybridized carbons (Fsp3) is 0.235. The van der Waals surface area contributed by atoms with E-state index in [-0.39, 0.29) is 17.9 Å². The molecule has 3 nitrogen and oxygen atoms in total. The van der Waals surface area contributed by atoms with E-state index >= 15 is 0 Å². The molecule has 3 rings (SSSR count). The van der Waals surface area contributed by atoms with E-state index in [1.54, 1.807) is 29.2 Å². The molecule has 1 atom stereocenters.